The third kappa shape index (κ3) is 5.71. The standard InChI is InChI=1S/C19H29BN2O5/c1-17(2,3)25-16(24)21-12-15(23)22-14-10-8-13(9-11-14)20-26-18(4,5)19(6,7)27-20/h8-11H,12H2,1-7H3,(H,21,24)(H,22,23). The lowest BCUT2D eigenvalue weighted by Crippen LogP contribution is -2.41. The second kappa shape index (κ2) is 7.52. The largest absolute Gasteiger partial charge is 0.494 e. The van der Waals surface area contributed by atoms with Gasteiger partial charge in [-0.25, -0.2) is 4.79 Å². The number of ether oxygens (including phenoxy) is 1. The molecule has 0 saturated carbocycles. The number of alkyl carbamates (subject to hydrolysis) is 1. The Kier molecular flexibility index (Phi) is 5.92. The first-order chi connectivity index (χ1) is 12.3. The fourth-order valence-electron chi connectivity index (χ4n) is 2.37. The zero-order valence-corrected chi connectivity index (χ0v) is 17.1. The van der Waals surface area contributed by atoms with E-state index in [1.165, 1.54) is 0 Å². The molecule has 2 rings (SSSR count). The Morgan fingerprint density at radius 2 is 1.56 bits per heavy atom. The normalized spacial score (nSPS) is 18.1. The summed E-state index contributed by atoms with van der Waals surface area (Å²) in [6.07, 6.45) is -0.631. The second-order valence-corrected chi connectivity index (χ2v) is 8.61. The van der Waals surface area contributed by atoms with E-state index in [1.54, 1.807) is 32.9 Å². The van der Waals surface area contributed by atoms with Gasteiger partial charge in [0.2, 0.25) is 5.91 Å². The Hall–Kier alpha value is -2.06. The lowest BCUT2D eigenvalue weighted by atomic mass is 9.79. The summed E-state index contributed by atoms with van der Waals surface area (Å²) in [5.74, 6) is -0.343. The summed E-state index contributed by atoms with van der Waals surface area (Å²) in [6.45, 7) is 13.1. The zero-order valence-electron chi connectivity index (χ0n) is 17.1. The average Bonchev–Trinajstić information content (AvgIpc) is 2.72. The monoisotopic (exact) mass is 376 g/mol. The van der Waals surface area contributed by atoms with Crippen molar-refractivity contribution in [1.29, 1.82) is 0 Å². The van der Waals surface area contributed by atoms with E-state index < -0.39 is 30.0 Å². The van der Waals surface area contributed by atoms with E-state index in [9.17, 15) is 9.59 Å². The van der Waals surface area contributed by atoms with Crippen molar-refractivity contribution in [1.82, 2.24) is 5.32 Å². The van der Waals surface area contributed by atoms with Crippen LogP contribution in [0, 0.1) is 0 Å². The molecule has 8 heteroatoms. The summed E-state index contributed by atoms with van der Waals surface area (Å²) in [5.41, 5.74) is 0.0736. The van der Waals surface area contributed by atoms with E-state index in [-0.39, 0.29) is 12.5 Å². The lowest BCUT2D eigenvalue weighted by molar-refractivity contribution is -0.115. The van der Waals surface area contributed by atoms with Crippen LogP contribution in [-0.4, -0.2) is 42.5 Å². The van der Waals surface area contributed by atoms with Crippen LogP contribution in [0.2, 0.25) is 0 Å². The molecule has 0 atom stereocenters. The van der Waals surface area contributed by atoms with Crippen molar-refractivity contribution in [2.45, 2.75) is 65.3 Å². The van der Waals surface area contributed by atoms with Crippen molar-refractivity contribution in [3.63, 3.8) is 0 Å². The smallest absolute Gasteiger partial charge is 0.444 e. The van der Waals surface area contributed by atoms with E-state index in [0.717, 1.165) is 5.46 Å². The van der Waals surface area contributed by atoms with Crippen LogP contribution in [0.4, 0.5) is 10.5 Å². The van der Waals surface area contributed by atoms with Gasteiger partial charge in [0.1, 0.15) is 12.1 Å². The molecule has 1 aliphatic rings. The molecule has 0 radical (unpaired) electrons. The molecule has 0 unspecified atom stereocenters. The predicted octanol–water partition coefficient (Wildman–Crippen LogP) is 2.45. The summed E-state index contributed by atoms with van der Waals surface area (Å²) in [6, 6.07) is 7.23. The molecule has 1 aromatic rings. The maximum absolute atomic E-state index is 12.0. The number of carbonyl (C=O) groups is 2. The van der Waals surface area contributed by atoms with Gasteiger partial charge in [0.25, 0.3) is 0 Å². The highest BCUT2D eigenvalue weighted by Crippen LogP contribution is 2.36. The van der Waals surface area contributed by atoms with Crippen LogP contribution in [0.5, 0.6) is 0 Å². The van der Waals surface area contributed by atoms with E-state index in [1.807, 2.05) is 39.8 Å². The van der Waals surface area contributed by atoms with Crippen molar-refractivity contribution >= 4 is 30.3 Å². The minimum absolute atomic E-state index is 0.173. The van der Waals surface area contributed by atoms with Gasteiger partial charge in [-0.15, -0.1) is 0 Å². The Bertz CT molecular complexity index is 679. The van der Waals surface area contributed by atoms with Gasteiger partial charge in [-0.05, 0) is 66.1 Å². The Labute approximate surface area is 161 Å². The number of hydrogen-bond donors (Lipinski definition) is 2. The lowest BCUT2D eigenvalue weighted by Gasteiger charge is -2.32. The number of amides is 2. The van der Waals surface area contributed by atoms with Gasteiger partial charge < -0.3 is 24.7 Å². The van der Waals surface area contributed by atoms with Crippen molar-refractivity contribution in [2.75, 3.05) is 11.9 Å². The van der Waals surface area contributed by atoms with Gasteiger partial charge in [-0.2, -0.15) is 0 Å². The topological polar surface area (TPSA) is 85.9 Å². The molecule has 2 N–H and O–H groups in total. The van der Waals surface area contributed by atoms with E-state index in [2.05, 4.69) is 10.6 Å². The Morgan fingerprint density at radius 1 is 1.04 bits per heavy atom. The van der Waals surface area contributed by atoms with Gasteiger partial charge in [0.15, 0.2) is 0 Å². The molecule has 1 aromatic carbocycles. The molecule has 0 aliphatic carbocycles. The minimum atomic E-state index is -0.631. The fourth-order valence-corrected chi connectivity index (χ4v) is 2.37. The molecule has 1 fully saturated rings. The maximum Gasteiger partial charge on any atom is 0.494 e. The van der Waals surface area contributed by atoms with Crippen molar-refractivity contribution in [2.24, 2.45) is 0 Å². The SMILES string of the molecule is CC(C)(C)OC(=O)NCC(=O)Nc1ccc(B2OC(C)(C)C(C)(C)O2)cc1. The highest BCUT2D eigenvalue weighted by atomic mass is 16.7. The first-order valence-electron chi connectivity index (χ1n) is 9.01. The van der Waals surface area contributed by atoms with Crippen LogP contribution in [0.15, 0.2) is 24.3 Å². The molecular formula is C19H29BN2O5. The molecule has 27 heavy (non-hydrogen) atoms. The number of hydrogen-bond acceptors (Lipinski definition) is 5. The third-order valence-corrected chi connectivity index (χ3v) is 4.51. The average molecular weight is 376 g/mol. The van der Waals surface area contributed by atoms with E-state index in [4.69, 9.17) is 14.0 Å². The summed E-state index contributed by atoms with van der Waals surface area (Å²) >= 11 is 0. The minimum Gasteiger partial charge on any atom is -0.444 e. The van der Waals surface area contributed by atoms with Crippen molar-refractivity contribution in [3.8, 4) is 0 Å². The van der Waals surface area contributed by atoms with Crippen LogP contribution < -0.4 is 16.1 Å². The molecule has 1 saturated heterocycles. The molecular weight excluding hydrogens is 347 g/mol. The molecule has 1 aliphatic heterocycles. The molecule has 0 spiro atoms. The molecule has 148 valence electrons. The molecule has 7 nitrogen and oxygen atoms in total. The summed E-state index contributed by atoms with van der Waals surface area (Å²) < 4.78 is 17.1. The molecule has 0 aromatic heterocycles. The van der Waals surface area contributed by atoms with Gasteiger partial charge in [-0.3, -0.25) is 4.79 Å². The van der Waals surface area contributed by atoms with Crippen LogP contribution in [0.3, 0.4) is 0 Å². The summed E-state index contributed by atoms with van der Waals surface area (Å²) in [7, 11) is -0.450. The maximum atomic E-state index is 12.0. The number of nitrogens with one attached hydrogen (secondary N) is 2. The van der Waals surface area contributed by atoms with E-state index >= 15 is 0 Å². The highest BCUT2D eigenvalue weighted by molar-refractivity contribution is 6.62. The quantitative estimate of drug-likeness (QED) is 0.789. The van der Waals surface area contributed by atoms with Gasteiger partial charge in [0.05, 0.1) is 11.2 Å². The van der Waals surface area contributed by atoms with Gasteiger partial charge in [0, 0.05) is 5.69 Å². The van der Waals surface area contributed by atoms with Crippen LogP contribution in [0.25, 0.3) is 0 Å². The van der Waals surface area contributed by atoms with Crippen LogP contribution in [0.1, 0.15) is 48.5 Å². The van der Waals surface area contributed by atoms with Crippen LogP contribution >= 0.6 is 0 Å². The van der Waals surface area contributed by atoms with E-state index in [0.29, 0.717) is 5.69 Å². The number of anilines is 1. The molecule has 2 amide bonds. The Balaban J connectivity index is 1.87. The van der Waals surface area contributed by atoms with Gasteiger partial charge >= 0.3 is 13.2 Å². The number of carbonyl (C=O) groups excluding carboxylic acids is 2. The second-order valence-electron chi connectivity index (χ2n) is 8.61. The summed E-state index contributed by atoms with van der Waals surface area (Å²) in [5, 5.41) is 5.14. The molecule has 1 heterocycles. The molecule has 0 bridgehead atoms. The van der Waals surface area contributed by atoms with Crippen molar-refractivity contribution in [3.05, 3.63) is 24.3 Å². The van der Waals surface area contributed by atoms with Crippen LogP contribution in [-0.2, 0) is 18.8 Å². The first-order valence-corrected chi connectivity index (χ1v) is 9.01. The number of benzene rings is 1. The number of rotatable bonds is 4. The zero-order chi connectivity index (χ0) is 20.5. The first kappa shape index (κ1) is 21.2. The van der Waals surface area contributed by atoms with Crippen molar-refractivity contribution < 1.29 is 23.6 Å². The third-order valence-electron chi connectivity index (χ3n) is 4.51. The Morgan fingerprint density at radius 3 is 2.04 bits per heavy atom. The predicted molar refractivity (Wildman–Crippen MR) is 105 cm³/mol. The highest BCUT2D eigenvalue weighted by Gasteiger charge is 2.51. The summed E-state index contributed by atoms with van der Waals surface area (Å²) in [4.78, 5) is 23.5. The fraction of sp³-hybridized carbons (Fsp3) is 0.579. The van der Waals surface area contributed by atoms with Gasteiger partial charge in [-0.1, -0.05) is 12.1 Å².